The summed E-state index contributed by atoms with van der Waals surface area (Å²) in [5.74, 6) is -0.834. The van der Waals surface area contributed by atoms with Crippen LogP contribution in [0.1, 0.15) is 17.2 Å². The van der Waals surface area contributed by atoms with Crippen molar-refractivity contribution in [1.82, 2.24) is 19.7 Å². The quantitative estimate of drug-likeness (QED) is 0.884. The standard InChI is InChI=1S/C12H16N4O2.C2HF3O2/c1-17-9-12-14-13-11-7-15(3-4-16(11)12)6-10-2-5-18-8-10;3-2(4,5)1(6)7/h2,5,8H,3-4,6-7,9H2,1H3;(H,6,7). The Labute approximate surface area is 140 Å². The Morgan fingerprint density at radius 1 is 1.40 bits per heavy atom. The molecule has 0 atom stereocenters. The molecule has 0 amide bonds. The van der Waals surface area contributed by atoms with Crippen molar-refractivity contribution in [1.29, 1.82) is 0 Å². The molecule has 11 heteroatoms. The fraction of sp³-hybridized carbons (Fsp3) is 0.500. The van der Waals surface area contributed by atoms with Gasteiger partial charge in [0.1, 0.15) is 12.4 Å². The van der Waals surface area contributed by atoms with Crippen LogP contribution in [0.5, 0.6) is 0 Å². The molecule has 0 saturated carbocycles. The molecule has 25 heavy (non-hydrogen) atoms. The zero-order valence-electron chi connectivity index (χ0n) is 13.4. The average molecular weight is 362 g/mol. The molecule has 3 heterocycles. The highest BCUT2D eigenvalue weighted by molar-refractivity contribution is 5.73. The monoisotopic (exact) mass is 362 g/mol. The van der Waals surface area contributed by atoms with Crippen LogP contribution < -0.4 is 0 Å². The molecule has 0 unspecified atom stereocenters. The highest BCUT2D eigenvalue weighted by Gasteiger charge is 2.38. The van der Waals surface area contributed by atoms with Crippen LogP contribution in [-0.2, 0) is 35.8 Å². The largest absolute Gasteiger partial charge is 0.490 e. The number of halogens is 3. The number of fused-ring (bicyclic) bond motifs is 1. The highest BCUT2D eigenvalue weighted by atomic mass is 19.4. The fourth-order valence-electron chi connectivity index (χ4n) is 2.28. The van der Waals surface area contributed by atoms with Crippen molar-refractivity contribution in [2.45, 2.75) is 32.4 Å². The molecule has 0 saturated heterocycles. The SMILES string of the molecule is COCc1nnc2n1CCN(Cc1ccoc1)C2.O=C(O)C(F)(F)F. The third kappa shape index (κ3) is 5.29. The van der Waals surface area contributed by atoms with Gasteiger partial charge in [-0.3, -0.25) is 4.90 Å². The molecule has 0 aliphatic carbocycles. The topological polar surface area (TPSA) is 93.6 Å². The maximum Gasteiger partial charge on any atom is 0.490 e. The number of rotatable bonds is 4. The lowest BCUT2D eigenvalue weighted by molar-refractivity contribution is -0.192. The van der Waals surface area contributed by atoms with E-state index < -0.39 is 12.1 Å². The fourth-order valence-corrected chi connectivity index (χ4v) is 2.28. The van der Waals surface area contributed by atoms with Crippen LogP contribution in [0.3, 0.4) is 0 Å². The second-order valence-corrected chi connectivity index (χ2v) is 5.26. The minimum atomic E-state index is -5.08. The van der Waals surface area contributed by atoms with E-state index >= 15 is 0 Å². The number of hydrogen-bond acceptors (Lipinski definition) is 6. The van der Waals surface area contributed by atoms with Crippen molar-refractivity contribution in [3.8, 4) is 0 Å². The van der Waals surface area contributed by atoms with Crippen LogP contribution in [0.2, 0.25) is 0 Å². The lowest BCUT2D eigenvalue weighted by atomic mass is 10.2. The maximum absolute atomic E-state index is 10.6. The van der Waals surface area contributed by atoms with E-state index in [-0.39, 0.29) is 0 Å². The van der Waals surface area contributed by atoms with E-state index in [1.807, 2.05) is 6.07 Å². The summed E-state index contributed by atoms with van der Waals surface area (Å²) in [6.45, 7) is 4.14. The van der Waals surface area contributed by atoms with E-state index in [1.165, 1.54) is 5.56 Å². The Hall–Kier alpha value is -2.40. The third-order valence-electron chi connectivity index (χ3n) is 3.41. The summed E-state index contributed by atoms with van der Waals surface area (Å²) < 4.78 is 44.1. The van der Waals surface area contributed by atoms with E-state index in [0.29, 0.717) is 6.61 Å². The molecule has 0 spiro atoms. The van der Waals surface area contributed by atoms with Crippen LogP contribution >= 0.6 is 0 Å². The van der Waals surface area contributed by atoms with E-state index in [2.05, 4.69) is 19.7 Å². The van der Waals surface area contributed by atoms with Gasteiger partial charge >= 0.3 is 12.1 Å². The van der Waals surface area contributed by atoms with Crippen LogP contribution in [0.15, 0.2) is 23.0 Å². The molecule has 0 fully saturated rings. The maximum atomic E-state index is 10.6. The number of hydrogen-bond donors (Lipinski definition) is 1. The molecule has 0 aromatic carbocycles. The van der Waals surface area contributed by atoms with Gasteiger partial charge in [0, 0.05) is 32.3 Å². The molecule has 1 aliphatic rings. The molecule has 1 N–H and O–H groups in total. The highest BCUT2D eigenvalue weighted by Crippen LogP contribution is 2.16. The first kappa shape index (κ1) is 18.9. The first-order valence-corrected chi connectivity index (χ1v) is 7.24. The molecule has 0 bridgehead atoms. The number of nitrogens with zero attached hydrogens (tertiary/aromatic N) is 4. The lowest BCUT2D eigenvalue weighted by Gasteiger charge is -2.27. The molecule has 1 aliphatic heterocycles. The van der Waals surface area contributed by atoms with E-state index in [0.717, 1.165) is 37.8 Å². The molecule has 2 aromatic rings. The minimum Gasteiger partial charge on any atom is -0.475 e. The number of aromatic nitrogens is 3. The first-order chi connectivity index (χ1) is 11.8. The Bertz CT molecular complexity index is 685. The summed E-state index contributed by atoms with van der Waals surface area (Å²) in [5, 5.41) is 15.5. The summed E-state index contributed by atoms with van der Waals surface area (Å²) in [5.41, 5.74) is 1.19. The van der Waals surface area contributed by atoms with Gasteiger partial charge < -0.3 is 18.8 Å². The molecule has 3 rings (SSSR count). The zero-order chi connectivity index (χ0) is 18.4. The number of methoxy groups -OCH3 is 1. The molecule has 138 valence electrons. The van der Waals surface area contributed by atoms with Gasteiger partial charge in [0.2, 0.25) is 0 Å². The van der Waals surface area contributed by atoms with Crippen molar-refractivity contribution in [3.63, 3.8) is 0 Å². The smallest absolute Gasteiger partial charge is 0.475 e. The van der Waals surface area contributed by atoms with Gasteiger partial charge in [-0.15, -0.1) is 10.2 Å². The van der Waals surface area contributed by atoms with Gasteiger partial charge in [0.15, 0.2) is 5.82 Å². The van der Waals surface area contributed by atoms with Crippen LogP contribution in [0, 0.1) is 0 Å². The molecular formula is C14H17F3N4O4. The summed E-state index contributed by atoms with van der Waals surface area (Å²) >= 11 is 0. The summed E-state index contributed by atoms with van der Waals surface area (Å²) in [6.07, 6.45) is -1.59. The van der Waals surface area contributed by atoms with Crippen molar-refractivity contribution in [2.24, 2.45) is 0 Å². The Balaban J connectivity index is 0.000000277. The predicted octanol–water partition coefficient (Wildman–Crippen LogP) is 1.67. The van der Waals surface area contributed by atoms with Gasteiger partial charge in [-0.1, -0.05) is 0 Å². The summed E-state index contributed by atoms with van der Waals surface area (Å²) in [7, 11) is 1.68. The van der Waals surface area contributed by atoms with E-state index in [1.54, 1.807) is 19.6 Å². The molecule has 8 nitrogen and oxygen atoms in total. The minimum absolute atomic E-state index is 0.523. The number of alkyl halides is 3. The van der Waals surface area contributed by atoms with Gasteiger partial charge in [-0.25, -0.2) is 4.79 Å². The number of carboxylic acids is 1. The van der Waals surface area contributed by atoms with Crippen molar-refractivity contribution in [2.75, 3.05) is 13.7 Å². The molecular weight excluding hydrogens is 345 g/mol. The normalized spacial score (nSPS) is 14.6. The van der Waals surface area contributed by atoms with Crippen LogP contribution in [0.25, 0.3) is 0 Å². The van der Waals surface area contributed by atoms with Crippen LogP contribution in [-0.4, -0.2) is 50.6 Å². The van der Waals surface area contributed by atoms with E-state index in [4.69, 9.17) is 19.1 Å². The Morgan fingerprint density at radius 3 is 2.68 bits per heavy atom. The van der Waals surface area contributed by atoms with Crippen molar-refractivity contribution >= 4 is 5.97 Å². The van der Waals surface area contributed by atoms with E-state index in [9.17, 15) is 13.2 Å². The first-order valence-electron chi connectivity index (χ1n) is 7.24. The van der Waals surface area contributed by atoms with Gasteiger partial charge in [0.05, 0.1) is 19.1 Å². The van der Waals surface area contributed by atoms with Gasteiger partial charge in [-0.05, 0) is 6.07 Å². The van der Waals surface area contributed by atoms with Crippen LogP contribution in [0.4, 0.5) is 13.2 Å². The number of furan rings is 1. The molecule has 0 radical (unpaired) electrons. The molecule has 2 aromatic heterocycles. The Kier molecular flexibility index (Phi) is 6.15. The van der Waals surface area contributed by atoms with Crippen molar-refractivity contribution in [3.05, 3.63) is 35.8 Å². The number of carbonyl (C=O) groups is 1. The van der Waals surface area contributed by atoms with Gasteiger partial charge in [-0.2, -0.15) is 13.2 Å². The number of carboxylic acid groups (broad SMARTS) is 1. The second-order valence-electron chi connectivity index (χ2n) is 5.26. The van der Waals surface area contributed by atoms with Crippen molar-refractivity contribution < 1.29 is 32.2 Å². The zero-order valence-corrected chi connectivity index (χ0v) is 13.4. The van der Waals surface area contributed by atoms with Gasteiger partial charge in [0.25, 0.3) is 0 Å². The number of ether oxygens (including phenoxy) is 1. The number of aliphatic carboxylic acids is 1. The second kappa shape index (κ2) is 8.12. The predicted molar refractivity (Wildman–Crippen MR) is 77.2 cm³/mol. The average Bonchev–Trinajstić information content (AvgIpc) is 3.17. The Morgan fingerprint density at radius 2 is 2.12 bits per heavy atom. The summed E-state index contributed by atoms with van der Waals surface area (Å²) in [4.78, 5) is 11.2. The third-order valence-corrected chi connectivity index (χ3v) is 3.41. The summed E-state index contributed by atoms with van der Waals surface area (Å²) in [6, 6.07) is 2.00. The lowest BCUT2D eigenvalue weighted by Crippen LogP contribution is -2.33.